The lowest BCUT2D eigenvalue weighted by Crippen LogP contribution is -2.01. The third-order valence-corrected chi connectivity index (χ3v) is 13.3. The van der Waals surface area contributed by atoms with Crippen molar-refractivity contribution in [3.05, 3.63) is 63.3 Å². The highest BCUT2D eigenvalue weighted by molar-refractivity contribution is 5.82. The van der Waals surface area contributed by atoms with E-state index in [1.165, 1.54) is 268 Å². The predicted molar refractivity (Wildman–Crippen MR) is 342 cm³/mol. The van der Waals surface area contributed by atoms with E-state index < -0.39 is 0 Å². The molecule has 0 aromatic heterocycles. The number of esters is 5. The van der Waals surface area contributed by atoms with Crippen molar-refractivity contribution in [3.63, 3.8) is 0 Å². The molecule has 0 aliphatic rings. The second-order valence-corrected chi connectivity index (χ2v) is 21.0. The Morgan fingerprint density at radius 3 is 0.400 bits per heavy atom. The van der Waals surface area contributed by atoms with Crippen LogP contribution in [0.3, 0.4) is 0 Å². The summed E-state index contributed by atoms with van der Waals surface area (Å²) in [5, 5.41) is 0. The zero-order valence-corrected chi connectivity index (χ0v) is 53.4. The Kier molecular flexibility index (Phi) is 86.5. The Morgan fingerprint density at radius 1 is 0.200 bits per heavy atom. The van der Waals surface area contributed by atoms with Gasteiger partial charge in [-0.3, -0.25) is 0 Å². The van der Waals surface area contributed by atoms with Gasteiger partial charge in [-0.2, -0.15) is 0 Å². The third-order valence-electron chi connectivity index (χ3n) is 13.3. The van der Waals surface area contributed by atoms with Gasteiger partial charge in [0.2, 0.25) is 0 Å². The SMILES string of the molecule is C=CC(=O)OCCCCCCCCC.C=CC(=O)OCCCCCCCCCC.C=CC(=O)OCCCCCCCCCCC.C=CC(=O)OCCCCCCCCCCCC.C=CC(=O)OCCCCCCCCCCCCC. The number of hydrogen-bond donors (Lipinski definition) is 0. The van der Waals surface area contributed by atoms with E-state index in [1.807, 2.05) is 0 Å². The summed E-state index contributed by atoms with van der Waals surface area (Å²) in [6, 6.07) is 0. The average Bonchev–Trinajstić information content (AvgIpc) is 3.47. The molecule has 0 rings (SSSR count). The molecule has 0 saturated heterocycles. The molecule has 0 heterocycles. The van der Waals surface area contributed by atoms with Crippen LogP contribution in [0.2, 0.25) is 0 Å². The summed E-state index contributed by atoms with van der Waals surface area (Å²) < 4.78 is 24.5. The van der Waals surface area contributed by atoms with Gasteiger partial charge in [0.05, 0.1) is 33.0 Å². The van der Waals surface area contributed by atoms with Crippen LogP contribution in [0.15, 0.2) is 63.3 Å². The molecule has 0 radical (unpaired) electrons. The highest BCUT2D eigenvalue weighted by Gasteiger charge is 2.00. The normalized spacial score (nSPS) is 10.1. The Labute approximate surface area is 495 Å². The zero-order chi connectivity index (χ0) is 60.3. The van der Waals surface area contributed by atoms with Crippen LogP contribution in [0.1, 0.15) is 324 Å². The fraction of sp³-hybridized carbons (Fsp3) is 0.786. The van der Waals surface area contributed by atoms with Crippen LogP contribution in [0, 0.1) is 0 Å². The third kappa shape index (κ3) is 90.6. The average molecular weight is 1130 g/mol. The molecule has 0 N–H and O–H groups in total. The van der Waals surface area contributed by atoms with Gasteiger partial charge in [0.1, 0.15) is 0 Å². The second-order valence-electron chi connectivity index (χ2n) is 21.0. The zero-order valence-electron chi connectivity index (χ0n) is 53.4. The maximum absolute atomic E-state index is 10.8. The topological polar surface area (TPSA) is 132 Å². The first kappa shape index (κ1) is 84.9. The van der Waals surface area contributed by atoms with E-state index in [0.717, 1.165) is 51.4 Å². The summed E-state index contributed by atoms with van der Waals surface area (Å²) in [4.78, 5) is 53.5. The highest BCUT2D eigenvalue weighted by Crippen LogP contribution is 2.14. The standard InChI is InChI=1S/C16H30O2.C15H28O2.C14H26O2.C13H24O2.C12H22O2/c1-3-5-6-7-8-9-10-11-12-13-14-15-18-16(17)4-2;1-3-5-6-7-8-9-10-11-12-13-14-17-15(16)4-2;1-3-5-6-7-8-9-10-11-12-13-16-14(15)4-2;1-3-5-6-7-8-9-10-11-12-15-13(14)4-2;1-3-5-6-7-8-9-10-11-14-12(13)4-2/h4H,2-3,5-15H2,1H3;4H,2-3,5-14H2,1H3;4H,2-3,5-13H2,1H3;4H,2-3,5-12H2,1H3;4H,2-3,5-11H2,1H3. The van der Waals surface area contributed by atoms with E-state index in [0.29, 0.717) is 33.0 Å². The van der Waals surface area contributed by atoms with Crippen LogP contribution in [0.4, 0.5) is 0 Å². The summed E-state index contributed by atoms with van der Waals surface area (Å²) >= 11 is 0. The van der Waals surface area contributed by atoms with Gasteiger partial charge in [0, 0.05) is 30.4 Å². The van der Waals surface area contributed by atoms with Gasteiger partial charge in [0.15, 0.2) is 0 Å². The molecule has 0 aliphatic carbocycles. The van der Waals surface area contributed by atoms with Crippen LogP contribution in [-0.2, 0) is 47.7 Å². The molecular formula is C70H130O10. The molecule has 0 amide bonds. The molecule has 0 saturated carbocycles. The van der Waals surface area contributed by atoms with Crippen molar-refractivity contribution < 1.29 is 47.7 Å². The van der Waals surface area contributed by atoms with Crippen molar-refractivity contribution >= 4 is 29.8 Å². The van der Waals surface area contributed by atoms with Crippen LogP contribution >= 0.6 is 0 Å². The molecule has 10 heteroatoms. The summed E-state index contributed by atoms with van der Waals surface area (Å²) in [6.07, 6.45) is 63.7. The molecule has 0 aliphatic heterocycles. The summed E-state index contributed by atoms with van der Waals surface area (Å²) in [5.41, 5.74) is 0. The molecule has 0 atom stereocenters. The van der Waals surface area contributed by atoms with E-state index in [1.54, 1.807) is 0 Å². The molecule has 0 aromatic carbocycles. The molecule has 0 fully saturated rings. The molecule has 0 spiro atoms. The Hall–Kier alpha value is -3.95. The number of unbranched alkanes of at least 4 members (excludes halogenated alkanes) is 40. The minimum Gasteiger partial charge on any atom is -0.463 e. The van der Waals surface area contributed by atoms with Gasteiger partial charge >= 0.3 is 29.8 Å². The maximum atomic E-state index is 10.8. The van der Waals surface area contributed by atoms with Crippen molar-refractivity contribution in [1.29, 1.82) is 0 Å². The highest BCUT2D eigenvalue weighted by atomic mass is 16.5. The summed E-state index contributed by atoms with van der Waals surface area (Å²) in [6.45, 7) is 30.6. The van der Waals surface area contributed by atoms with Crippen LogP contribution < -0.4 is 0 Å². The lowest BCUT2D eigenvalue weighted by Gasteiger charge is -2.03. The number of hydrogen-bond acceptors (Lipinski definition) is 10. The number of rotatable bonds is 55. The minimum atomic E-state index is -0.309. The second kappa shape index (κ2) is 81.5. The molecule has 0 bridgehead atoms. The quantitative estimate of drug-likeness (QED) is 0.0251. The van der Waals surface area contributed by atoms with E-state index in [-0.39, 0.29) is 29.8 Å². The first-order valence-corrected chi connectivity index (χ1v) is 33.0. The lowest BCUT2D eigenvalue weighted by atomic mass is 10.1. The van der Waals surface area contributed by atoms with E-state index in [4.69, 9.17) is 23.7 Å². The Balaban J connectivity index is -0.000000294. The maximum Gasteiger partial charge on any atom is 0.330 e. The van der Waals surface area contributed by atoms with Gasteiger partial charge in [-0.05, 0) is 32.1 Å². The molecule has 10 nitrogen and oxygen atoms in total. The number of ether oxygens (including phenoxy) is 5. The van der Waals surface area contributed by atoms with Crippen molar-refractivity contribution in [2.24, 2.45) is 0 Å². The molecule has 0 aromatic rings. The smallest absolute Gasteiger partial charge is 0.330 e. The van der Waals surface area contributed by atoms with Crippen LogP contribution in [-0.4, -0.2) is 62.9 Å². The number of carbonyl (C=O) groups excluding carboxylic acids is 5. The van der Waals surface area contributed by atoms with E-state index >= 15 is 0 Å². The summed E-state index contributed by atoms with van der Waals surface area (Å²) in [7, 11) is 0. The fourth-order valence-electron chi connectivity index (χ4n) is 8.22. The Morgan fingerprint density at radius 2 is 0.300 bits per heavy atom. The van der Waals surface area contributed by atoms with Crippen molar-refractivity contribution in [1.82, 2.24) is 0 Å². The van der Waals surface area contributed by atoms with Crippen molar-refractivity contribution in [2.45, 2.75) is 324 Å². The largest absolute Gasteiger partial charge is 0.463 e. The van der Waals surface area contributed by atoms with Gasteiger partial charge < -0.3 is 23.7 Å². The van der Waals surface area contributed by atoms with Gasteiger partial charge in [-0.15, -0.1) is 0 Å². The van der Waals surface area contributed by atoms with Crippen molar-refractivity contribution in [3.8, 4) is 0 Å². The van der Waals surface area contributed by atoms with E-state index in [9.17, 15) is 24.0 Å². The first-order chi connectivity index (χ1) is 39.0. The minimum absolute atomic E-state index is 0.304. The van der Waals surface area contributed by atoms with Crippen molar-refractivity contribution in [2.75, 3.05) is 33.0 Å². The molecular weight excluding hydrogens is 1000 g/mol. The van der Waals surface area contributed by atoms with Gasteiger partial charge in [0.25, 0.3) is 0 Å². The van der Waals surface area contributed by atoms with Gasteiger partial charge in [-0.1, -0.05) is 324 Å². The van der Waals surface area contributed by atoms with Crippen LogP contribution in [0.5, 0.6) is 0 Å². The lowest BCUT2D eigenvalue weighted by molar-refractivity contribution is -0.138. The summed E-state index contributed by atoms with van der Waals surface area (Å²) in [5.74, 6) is -1.53. The Bertz CT molecular complexity index is 1340. The van der Waals surface area contributed by atoms with Crippen LogP contribution in [0.25, 0.3) is 0 Å². The van der Waals surface area contributed by atoms with E-state index in [2.05, 4.69) is 67.5 Å². The molecule has 0 unspecified atom stereocenters. The monoisotopic (exact) mass is 1130 g/mol. The molecule has 470 valence electrons. The predicted octanol–water partition coefficient (Wildman–Crippen LogP) is 21.2. The fourth-order valence-corrected chi connectivity index (χ4v) is 8.22. The molecule has 80 heavy (non-hydrogen) atoms. The first-order valence-electron chi connectivity index (χ1n) is 33.0. The van der Waals surface area contributed by atoms with Gasteiger partial charge in [-0.25, -0.2) is 24.0 Å². The number of carbonyl (C=O) groups is 5.